The zero-order valence-electron chi connectivity index (χ0n) is 26.1. The number of carbonyl (C=O) groups excluding carboxylic acids is 2. The second-order valence-electron chi connectivity index (χ2n) is 10.3. The Morgan fingerprint density at radius 3 is 2.58 bits per heavy atom. The first-order valence-corrected chi connectivity index (χ1v) is 15.0. The Morgan fingerprint density at radius 1 is 1.23 bits per heavy atom. The molecule has 0 bridgehead atoms. The lowest BCUT2D eigenvalue weighted by atomic mass is 9.94. The van der Waals surface area contributed by atoms with Gasteiger partial charge in [-0.1, -0.05) is 11.6 Å². The van der Waals surface area contributed by atoms with Gasteiger partial charge in [-0.15, -0.1) is 0 Å². The van der Waals surface area contributed by atoms with Gasteiger partial charge in [-0.25, -0.2) is 23.1 Å². The number of aromatic nitrogens is 3. The summed E-state index contributed by atoms with van der Waals surface area (Å²) in [4.78, 5) is 32.2. The van der Waals surface area contributed by atoms with Gasteiger partial charge < -0.3 is 25.4 Å². The molecule has 16 heteroatoms. The van der Waals surface area contributed by atoms with Crippen LogP contribution in [0.25, 0.3) is 16.9 Å². The molecule has 5 rings (SSSR count). The number of nitrogens with one attached hydrogen (secondary N) is 2. The van der Waals surface area contributed by atoms with Gasteiger partial charge in [0.1, 0.15) is 6.07 Å². The average molecular weight is 692 g/mol. The van der Waals surface area contributed by atoms with E-state index >= 15 is 0 Å². The molecular weight excluding hydrogens is 658 g/mol. The minimum atomic E-state index is -2.80. The van der Waals surface area contributed by atoms with Crippen molar-refractivity contribution in [2.75, 3.05) is 45.7 Å². The molecule has 0 aliphatic carbocycles. The quantitative estimate of drug-likeness (QED) is 0.145. The van der Waals surface area contributed by atoms with Crippen molar-refractivity contribution < 1.29 is 37.0 Å². The molecule has 4 aromatic rings. The smallest absolute Gasteiger partial charge is 0.293 e. The van der Waals surface area contributed by atoms with Crippen LogP contribution in [0, 0.1) is 28.9 Å². The molecule has 0 spiro atoms. The molecule has 3 N–H and O–H groups in total. The number of anilines is 2. The number of carbonyl (C=O) groups is 2. The van der Waals surface area contributed by atoms with E-state index in [1.165, 1.54) is 24.5 Å². The van der Waals surface area contributed by atoms with Gasteiger partial charge >= 0.3 is 0 Å². The summed E-state index contributed by atoms with van der Waals surface area (Å²) in [5.74, 6) is -1.85. The van der Waals surface area contributed by atoms with Gasteiger partial charge in [-0.3, -0.25) is 14.0 Å². The normalized spacial score (nSPS) is 12.7. The van der Waals surface area contributed by atoms with Crippen LogP contribution in [-0.4, -0.2) is 83.4 Å². The second kappa shape index (κ2) is 18.5. The molecule has 2 aromatic heterocycles. The summed E-state index contributed by atoms with van der Waals surface area (Å²) in [6, 6.07) is 9.38. The molecule has 0 atom stereocenters. The Kier molecular flexibility index (Phi) is 14.5. The van der Waals surface area contributed by atoms with E-state index in [0.29, 0.717) is 45.9 Å². The van der Waals surface area contributed by atoms with E-state index in [1.807, 2.05) is 0 Å². The molecule has 3 heterocycles. The number of halogens is 5. The fraction of sp³-hybridized carbons (Fsp3) is 0.344. The lowest BCUT2D eigenvalue weighted by Crippen LogP contribution is -2.32. The largest absolute Gasteiger partial charge is 0.476 e. The highest BCUT2D eigenvalue weighted by Crippen LogP contribution is 2.32. The molecule has 2 aromatic carbocycles. The van der Waals surface area contributed by atoms with Crippen molar-refractivity contribution in [2.45, 2.75) is 25.7 Å². The Bertz CT molecular complexity index is 1730. The number of imidazole rings is 1. The molecular formula is C32H34ClF4N7O4. The molecule has 0 unspecified atom stereocenters. The number of aliphatic hydroxyl groups excluding tert-OH is 1. The Labute approximate surface area is 279 Å². The number of fused-ring (bicyclic) bond motifs is 1. The second-order valence-corrected chi connectivity index (χ2v) is 10.7. The molecule has 0 radical (unpaired) electrons. The van der Waals surface area contributed by atoms with Crippen molar-refractivity contribution in [3.8, 4) is 23.1 Å². The van der Waals surface area contributed by atoms with Crippen LogP contribution in [0.15, 0.2) is 48.9 Å². The number of hydrogen-bond donors (Lipinski definition) is 3. The number of benzene rings is 2. The van der Waals surface area contributed by atoms with Crippen LogP contribution in [0.2, 0.25) is 5.02 Å². The maximum Gasteiger partial charge on any atom is 0.293 e. The standard InChI is InChI=1S/C29H28ClF2N7O2.C2H2F2O.CH4O/c1-38(13-8-18-6-10-34-11-7-18)29(40)20-3-2-19(16-22(20)30)37-27-28-36-17-23(39(28)14-12-35-27)21-4-5-24(41-15-9-33)26(32)25(21)31;3-2(4)1-5;1-2/h2-5,12,14,16-18,34H,6-8,10-11,13,15H2,1H3,(H,35,37);1-2H;2H,1H3. The highest BCUT2D eigenvalue weighted by molar-refractivity contribution is 6.34. The highest BCUT2D eigenvalue weighted by atomic mass is 35.5. The number of alkyl halides is 2. The van der Waals surface area contributed by atoms with Crippen LogP contribution in [0.5, 0.6) is 5.75 Å². The van der Waals surface area contributed by atoms with Crippen molar-refractivity contribution in [2.24, 2.45) is 5.92 Å². The van der Waals surface area contributed by atoms with Crippen molar-refractivity contribution >= 4 is 40.9 Å². The molecule has 11 nitrogen and oxygen atoms in total. The molecule has 1 fully saturated rings. The number of piperidine rings is 1. The van der Waals surface area contributed by atoms with Gasteiger partial charge in [0.2, 0.25) is 5.82 Å². The van der Waals surface area contributed by atoms with Crippen molar-refractivity contribution in [1.82, 2.24) is 24.6 Å². The van der Waals surface area contributed by atoms with Crippen molar-refractivity contribution in [1.29, 1.82) is 5.26 Å². The van der Waals surface area contributed by atoms with Crippen molar-refractivity contribution in [3.05, 3.63) is 71.1 Å². The van der Waals surface area contributed by atoms with E-state index in [2.05, 4.69) is 20.6 Å². The van der Waals surface area contributed by atoms with E-state index < -0.39 is 31.0 Å². The Balaban J connectivity index is 0.000000818. The monoisotopic (exact) mass is 691 g/mol. The van der Waals surface area contributed by atoms with E-state index in [1.54, 1.807) is 46.8 Å². The predicted molar refractivity (Wildman–Crippen MR) is 172 cm³/mol. The van der Waals surface area contributed by atoms with Gasteiger partial charge in [0, 0.05) is 44.3 Å². The Hall–Kier alpha value is -4.78. The third kappa shape index (κ3) is 9.63. The molecule has 1 aliphatic rings. The summed E-state index contributed by atoms with van der Waals surface area (Å²) in [6.07, 6.45) is 4.47. The maximum absolute atomic E-state index is 14.9. The lowest BCUT2D eigenvalue weighted by Gasteiger charge is -2.25. The Morgan fingerprint density at radius 2 is 1.94 bits per heavy atom. The average Bonchev–Trinajstić information content (AvgIpc) is 3.54. The predicted octanol–water partition coefficient (Wildman–Crippen LogP) is 5.49. The zero-order valence-corrected chi connectivity index (χ0v) is 26.9. The summed E-state index contributed by atoms with van der Waals surface area (Å²) >= 11 is 6.52. The third-order valence-electron chi connectivity index (χ3n) is 7.29. The number of amides is 1. The SMILES string of the molecule is CN(CCC1CCNCC1)C(=O)c1ccc(Nc2nccn3c(-c4ccc(OCC#N)c(F)c4F)cnc23)cc1Cl.CO.O=CC(F)F. The third-order valence-corrected chi connectivity index (χ3v) is 7.60. The van der Waals surface area contributed by atoms with E-state index in [-0.39, 0.29) is 17.2 Å². The van der Waals surface area contributed by atoms with Crippen LogP contribution >= 0.6 is 11.6 Å². The number of rotatable bonds is 10. The van der Waals surface area contributed by atoms with Crippen LogP contribution in [-0.2, 0) is 4.79 Å². The summed E-state index contributed by atoms with van der Waals surface area (Å²) in [7, 11) is 2.79. The molecule has 1 amide bonds. The number of hydrogen-bond acceptors (Lipinski definition) is 9. The van der Waals surface area contributed by atoms with Crippen LogP contribution in [0.3, 0.4) is 0 Å². The number of aldehydes is 1. The van der Waals surface area contributed by atoms with Gasteiger partial charge in [0.15, 0.2) is 35.9 Å². The number of nitriles is 1. The van der Waals surface area contributed by atoms with Gasteiger partial charge in [0.25, 0.3) is 12.3 Å². The van der Waals surface area contributed by atoms with Gasteiger partial charge in [-0.2, -0.15) is 9.65 Å². The number of ether oxygens (including phenoxy) is 1. The first-order chi connectivity index (χ1) is 23.1. The number of nitrogens with zero attached hydrogens (tertiary/aromatic N) is 5. The summed E-state index contributed by atoms with van der Waals surface area (Å²) in [5.41, 5.74) is 1.59. The molecule has 1 aliphatic heterocycles. The van der Waals surface area contributed by atoms with Crippen LogP contribution in [0.4, 0.5) is 29.1 Å². The summed E-state index contributed by atoms with van der Waals surface area (Å²) < 4.78 is 56.8. The molecule has 0 saturated carbocycles. The van der Waals surface area contributed by atoms with Crippen LogP contribution in [0.1, 0.15) is 29.6 Å². The molecule has 1 saturated heterocycles. The topological polar surface area (TPSA) is 145 Å². The highest BCUT2D eigenvalue weighted by Gasteiger charge is 2.21. The molecule has 48 heavy (non-hydrogen) atoms. The van der Waals surface area contributed by atoms with Gasteiger partial charge in [0.05, 0.1) is 22.5 Å². The van der Waals surface area contributed by atoms with Crippen molar-refractivity contribution in [3.63, 3.8) is 0 Å². The van der Waals surface area contributed by atoms with E-state index in [0.717, 1.165) is 39.5 Å². The first kappa shape index (κ1) is 37.7. The van der Waals surface area contributed by atoms with E-state index in [4.69, 9.17) is 31.5 Å². The minimum absolute atomic E-state index is 0.0355. The number of aliphatic hydroxyl groups is 1. The van der Waals surface area contributed by atoms with Gasteiger partial charge in [-0.05, 0) is 68.6 Å². The fourth-order valence-electron chi connectivity index (χ4n) is 4.91. The minimum Gasteiger partial charge on any atom is -0.476 e. The molecule has 256 valence electrons. The van der Waals surface area contributed by atoms with E-state index in [9.17, 15) is 22.4 Å². The lowest BCUT2D eigenvalue weighted by molar-refractivity contribution is -0.116. The summed E-state index contributed by atoms with van der Waals surface area (Å²) in [5, 5.41) is 22.4. The first-order valence-electron chi connectivity index (χ1n) is 14.7. The maximum atomic E-state index is 14.9. The summed E-state index contributed by atoms with van der Waals surface area (Å²) in [6.45, 7) is 2.30. The zero-order chi connectivity index (χ0) is 35.2. The van der Waals surface area contributed by atoms with Crippen LogP contribution < -0.4 is 15.4 Å². The fourth-order valence-corrected chi connectivity index (χ4v) is 5.18.